The Morgan fingerprint density at radius 2 is 1.58 bits per heavy atom. The maximum absolute atomic E-state index is 9.47. The number of rotatable bonds is 0. The monoisotopic (exact) mass is 174 g/mol. The number of hydrogen-bond acceptors (Lipinski definition) is 4. The van der Waals surface area contributed by atoms with E-state index in [1.54, 1.807) is 0 Å². The molecule has 4 heteroatoms. The summed E-state index contributed by atoms with van der Waals surface area (Å²) in [5.74, 6) is 0. The molecule has 12 heavy (non-hydrogen) atoms. The lowest BCUT2D eigenvalue weighted by molar-refractivity contribution is -0.0118. The molecule has 1 aliphatic rings. The van der Waals surface area contributed by atoms with E-state index >= 15 is 0 Å². The van der Waals surface area contributed by atoms with Gasteiger partial charge in [0.2, 0.25) is 0 Å². The maximum atomic E-state index is 9.47. The highest BCUT2D eigenvalue weighted by Gasteiger charge is 2.29. The van der Waals surface area contributed by atoms with Crippen molar-refractivity contribution in [1.82, 2.24) is 0 Å². The number of hydrogen-bond donors (Lipinski definition) is 4. The Morgan fingerprint density at radius 1 is 1.00 bits per heavy atom. The van der Waals surface area contributed by atoms with Crippen molar-refractivity contribution in [2.24, 2.45) is 11.5 Å². The molecule has 0 aliphatic heterocycles. The van der Waals surface area contributed by atoms with Crippen molar-refractivity contribution >= 4 is 0 Å². The van der Waals surface area contributed by atoms with Gasteiger partial charge in [-0.25, -0.2) is 0 Å². The van der Waals surface area contributed by atoms with E-state index in [0.29, 0.717) is 6.42 Å². The first kappa shape index (κ1) is 9.92. The molecule has 0 unspecified atom stereocenters. The predicted molar refractivity (Wildman–Crippen MR) is 46.4 cm³/mol. The van der Waals surface area contributed by atoms with Crippen LogP contribution in [0.15, 0.2) is 0 Å². The Bertz CT molecular complexity index is 127. The zero-order chi connectivity index (χ0) is 9.14. The average molecular weight is 174 g/mol. The molecular weight excluding hydrogens is 156 g/mol. The van der Waals surface area contributed by atoms with Crippen LogP contribution in [-0.4, -0.2) is 34.5 Å². The Balaban J connectivity index is 2.55. The lowest BCUT2D eigenvalue weighted by Gasteiger charge is -2.30. The van der Waals surface area contributed by atoms with Crippen molar-refractivity contribution in [3.8, 4) is 0 Å². The Hall–Kier alpha value is -0.160. The molecule has 4 nitrogen and oxygen atoms in total. The molecule has 1 fully saturated rings. The highest BCUT2D eigenvalue weighted by Crippen LogP contribution is 2.16. The minimum absolute atomic E-state index is 0.185. The van der Waals surface area contributed by atoms with Crippen LogP contribution in [0.2, 0.25) is 0 Å². The molecule has 1 saturated carbocycles. The van der Waals surface area contributed by atoms with Crippen molar-refractivity contribution < 1.29 is 10.2 Å². The van der Waals surface area contributed by atoms with Crippen molar-refractivity contribution in [2.45, 2.75) is 50.0 Å². The molecule has 1 aliphatic carbocycles. The van der Waals surface area contributed by atoms with Crippen LogP contribution in [-0.2, 0) is 0 Å². The number of aliphatic hydroxyl groups excluding tert-OH is 2. The Morgan fingerprint density at radius 3 is 2.25 bits per heavy atom. The summed E-state index contributed by atoms with van der Waals surface area (Å²) in [6, 6.07) is -0.671. The molecule has 72 valence electrons. The minimum atomic E-state index is -0.861. The van der Waals surface area contributed by atoms with Crippen molar-refractivity contribution in [1.29, 1.82) is 0 Å². The van der Waals surface area contributed by atoms with E-state index in [-0.39, 0.29) is 6.04 Å². The van der Waals surface area contributed by atoms with E-state index in [0.717, 1.165) is 19.3 Å². The summed E-state index contributed by atoms with van der Waals surface area (Å²) >= 11 is 0. The second kappa shape index (κ2) is 4.18. The zero-order valence-corrected chi connectivity index (χ0v) is 7.19. The first-order valence-electron chi connectivity index (χ1n) is 4.50. The van der Waals surface area contributed by atoms with E-state index in [1.807, 2.05) is 0 Å². The van der Waals surface area contributed by atoms with Gasteiger partial charge in [-0.3, -0.25) is 0 Å². The second-order valence-corrected chi connectivity index (χ2v) is 3.58. The van der Waals surface area contributed by atoms with Crippen LogP contribution in [0.25, 0.3) is 0 Å². The normalized spacial score (nSPS) is 45.0. The van der Waals surface area contributed by atoms with E-state index in [2.05, 4.69) is 0 Å². The summed E-state index contributed by atoms with van der Waals surface area (Å²) in [4.78, 5) is 0. The Kier molecular flexibility index (Phi) is 3.46. The molecule has 0 spiro atoms. The third-order valence-corrected chi connectivity index (χ3v) is 2.57. The van der Waals surface area contributed by atoms with Gasteiger partial charge in [0, 0.05) is 12.1 Å². The van der Waals surface area contributed by atoms with Gasteiger partial charge in [-0.1, -0.05) is 12.8 Å². The van der Waals surface area contributed by atoms with E-state index < -0.39 is 18.2 Å². The summed E-state index contributed by atoms with van der Waals surface area (Å²) in [5, 5.41) is 18.9. The van der Waals surface area contributed by atoms with Gasteiger partial charge in [0.05, 0.1) is 12.2 Å². The average Bonchev–Trinajstić information content (AvgIpc) is 2.07. The lowest BCUT2D eigenvalue weighted by Crippen LogP contribution is -2.54. The van der Waals surface area contributed by atoms with Gasteiger partial charge in [-0.05, 0) is 12.8 Å². The maximum Gasteiger partial charge on any atom is 0.0964 e. The van der Waals surface area contributed by atoms with Gasteiger partial charge in [-0.15, -0.1) is 0 Å². The summed E-state index contributed by atoms with van der Waals surface area (Å²) in [5.41, 5.74) is 11.4. The smallest absolute Gasteiger partial charge is 0.0964 e. The van der Waals surface area contributed by atoms with Crippen LogP contribution >= 0.6 is 0 Å². The topological polar surface area (TPSA) is 92.5 Å². The molecule has 0 aromatic rings. The van der Waals surface area contributed by atoms with Crippen molar-refractivity contribution in [3.63, 3.8) is 0 Å². The van der Waals surface area contributed by atoms with Crippen LogP contribution in [0.4, 0.5) is 0 Å². The molecule has 0 amide bonds. The SMILES string of the molecule is N[C@H]1[C@H](O)[C@@H](O)CCCC[C@H]1N. The fraction of sp³-hybridized carbons (Fsp3) is 1.00. The molecule has 6 N–H and O–H groups in total. The van der Waals surface area contributed by atoms with E-state index in [1.165, 1.54) is 0 Å². The predicted octanol–water partition coefficient (Wildman–Crippen LogP) is -1.06. The number of aliphatic hydroxyl groups is 2. The van der Waals surface area contributed by atoms with Gasteiger partial charge in [0.25, 0.3) is 0 Å². The number of nitrogens with two attached hydrogens (primary N) is 2. The quantitative estimate of drug-likeness (QED) is 0.376. The largest absolute Gasteiger partial charge is 0.390 e. The van der Waals surface area contributed by atoms with Gasteiger partial charge in [0.1, 0.15) is 0 Å². The van der Waals surface area contributed by atoms with Crippen molar-refractivity contribution in [3.05, 3.63) is 0 Å². The summed E-state index contributed by atoms with van der Waals surface area (Å²) in [6.07, 6.45) is 1.80. The molecule has 0 bridgehead atoms. The standard InChI is InChI=1S/C8H18N2O2/c9-5-3-1-2-4-6(11)8(12)7(5)10/h5-8,11-12H,1-4,9-10H2/t5-,6+,7-,8-/m1/s1. The van der Waals surface area contributed by atoms with Crippen LogP contribution in [0.5, 0.6) is 0 Å². The molecule has 0 radical (unpaired) electrons. The first-order chi connectivity index (χ1) is 5.63. The molecule has 0 saturated heterocycles. The van der Waals surface area contributed by atoms with Gasteiger partial charge >= 0.3 is 0 Å². The molecular formula is C8H18N2O2. The second-order valence-electron chi connectivity index (χ2n) is 3.58. The van der Waals surface area contributed by atoms with Gasteiger partial charge in [-0.2, -0.15) is 0 Å². The highest BCUT2D eigenvalue weighted by atomic mass is 16.3. The van der Waals surface area contributed by atoms with Crippen LogP contribution < -0.4 is 11.5 Å². The molecule has 1 rings (SSSR count). The van der Waals surface area contributed by atoms with Crippen LogP contribution in [0, 0.1) is 0 Å². The van der Waals surface area contributed by atoms with Gasteiger partial charge < -0.3 is 21.7 Å². The van der Waals surface area contributed by atoms with E-state index in [4.69, 9.17) is 11.5 Å². The van der Waals surface area contributed by atoms with Crippen LogP contribution in [0.3, 0.4) is 0 Å². The zero-order valence-electron chi connectivity index (χ0n) is 7.19. The summed E-state index contributed by atoms with van der Waals surface area (Å²) in [7, 11) is 0. The third kappa shape index (κ3) is 2.17. The summed E-state index contributed by atoms with van der Waals surface area (Å²) in [6.45, 7) is 0. The highest BCUT2D eigenvalue weighted by molar-refractivity contribution is 4.88. The minimum Gasteiger partial charge on any atom is -0.390 e. The first-order valence-corrected chi connectivity index (χ1v) is 4.50. The Labute approximate surface area is 72.6 Å². The van der Waals surface area contributed by atoms with Gasteiger partial charge in [0.15, 0.2) is 0 Å². The third-order valence-electron chi connectivity index (χ3n) is 2.57. The molecule has 4 atom stereocenters. The summed E-state index contributed by atoms with van der Waals surface area (Å²) < 4.78 is 0. The van der Waals surface area contributed by atoms with Crippen molar-refractivity contribution in [2.75, 3.05) is 0 Å². The lowest BCUT2D eigenvalue weighted by atomic mass is 9.89. The molecule has 0 aromatic heterocycles. The molecule has 0 aromatic carbocycles. The van der Waals surface area contributed by atoms with E-state index in [9.17, 15) is 10.2 Å². The molecule has 0 heterocycles. The fourth-order valence-corrected chi connectivity index (χ4v) is 1.61. The van der Waals surface area contributed by atoms with Crippen LogP contribution in [0.1, 0.15) is 25.7 Å². The fourth-order valence-electron chi connectivity index (χ4n) is 1.61.